The van der Waals surface area contributed by atoms with E-state index in [2.05, 4.69) is 39.5 Å². The number of hydrogen-bond donors (Lipinski definition) is 1. The molecule has 0 amide bonds. The van der Waals surface area contributed by atoms with Crippen LogP contribution in [0, 0.1) is 5.92 Å². The standard InChI is InChI=1S/C12H25NO/c1-10(2)8-12(14)6-7-13(9-12)11(3,4)5/h10,14H,6-9H2,1-5H3. The van der Waals surface area contributed by atoms with E-state index < -0.39 is 5.60 Å². The predicted molar refractivity (Wildman–Crippen MR) is 60.3 cm³/mol. The van der Waals surface area contributed by atoms with Gasteiger partial charge in [0.1, 0.15) is 0 Å². The summed E-state index contributed by atoms with van der Waals surface area (Å²) in [5.41, 5.74) is -0.233. The Morgan fingerprint density at radius 1 is 1.36 bits per heavy atom. The summed E-state index contributed by atoms with van der Waals surface area (Å²) in [5.74, 6) is 0.583. The zero-order chi connectivity index (χ0) is 11.0. The first kappa shape index (κ1) is 12.0. The van der Waals surface area contributed by atoms with Gasteiger partial charge in [-0.05, 0) is 39.5 Å². The van der Waals surface area contributed by atoms with Gasteiger partial charge >= 0.3 is 0 Å². The summed E-state index contributed by atoms with van der Waals surface area (Å²) >= 11 is 0. The molecule has 2 nitrogen and oxygen atoms in total. The molecule has 0 bridgehead atoms. The zero-order valence-electron chi connectivity index (χ0n) is 10.3. The average Bonchev–Trinajstić information content (AvgIpc) is 2.28. The Morgan fingerprint density at radius 2 is 1.93 bits per heavy atom. The molecule has 0 aliphatic carbocycles. The summed E-state index contributed by atoms with van der Waals surface area (Å²) in [5, 5.41) is 10.4. The van der Waals surface area contributed by atoms with Crippen LogP contribution in [0.5, 0.6) is 0 Å². The Bertz CT molecular complexity index is 195. The Kier molecular flexibility index (Phi) is 3.27. The van der Waals surface area contributed by atoms with Crippen molar-refractivity contribution in [2.45, 2.75) is 58.6 Å². The molecule has 1 unspecified atom stereocenters. The molecule has 0 aromatic rings. The fourth-order valence-electron chi connectivity index (χ4n) is 2.36. The van der Waals surface area contributed by atoms with Crippen molar-refractivity contribution in [1.82, 2.24) is 4.90 Å². The van der Waals surface area contributed by atoms with Crippen LogP contribution < -0.4 is 0 Å². The molecule has 1 aliphatic rings. The normalized spacial score (nSPS) is 30.2. The molecule has 1 N–H and O–H groups in total. The molecule has 14 heavy (non-hydrogen) atoms. The second-order valence-electron chi connectivity index (χ2n) is 6.16. The maximum atomic E-state index is 10.4. The maximum absolute atomic E-state index is 10.4. The quantitative estimate of drug-likeness (QED) is 0.737. The molecule has 1 atom stereocenters. The van der Waals surface area contributed by atoms with Gasteiger partial charge in [0.25, 0.3) is 0 Å². The highest BCUT2D eigenvalue weighted by Crippen LogP contribution is 2.31. The van der Waals surface area contributed by atoms with Crippen LogP contribution in [0.2, 0.25) is 0 Å². The molecule has 1 rings (SSSR count). The van der Waals surface area contributed by atoms with Crippen LogP contribution in [0.15, 0.2) is 0 Å². The lowest BCUT2D eigenvalue weighted by Crippen LogP contribution is -2.43. The van der Waals surface area contributed by atoms with Crippen molar-refractivity contribution in [2.75, 3.05) is 13.1 Å². The minimum absolute atomic E-state index is 0.196. The van der Waals surface area contributed by atoms with E-state index in [4.69, 9.17) is 0 Å². The van der Waals surface area contributed by atoms with Gasteiger partial charge in [0.2, 0.25) is 0 Å². The SMILES string of the molecule is CC(C)CC1(O)CCN(C(C)(C)C)C1. The third kappa shape index (κ3) is 2.96. The van der Waals surface area contributed by atoms with Gasteiger partial charge < -0.3 is 5.11 Å². The molecule has 1 aliphatic heterocycles. The van der Waals surface area contributed by atoms with Gasteiger partial charge in [-0.1, -0.05) is 13.8 Å². The van der Waals surface area contributed by atoms with Gasteiger partial charge in [0, 0.05) is 18.6 Å². The number of rotatable bonds is 2. The lowest BCUT2D eigenvalue weighted by atomic mass is 9.91. The summed E-state index contributed by atoms with van der Waals surface area (Å²) in [4.78, 5) is 2.38. The van der Waals surface area contributed by atoms with Crippen LogP contribution in [0.1, 0.15) is 47.5 Å². The Labute approximate surface area is 88.3 Å². The third-order valence-electron chi connectivity index (χ3n) is 3.07. The smallest absolute Gasteiger partial charge is 0.0788 e. The van der Waals surface area contributed by atoms with E-state index in [0.717, 1.165) is 25.9 Å². The van der Waals surface area contributed by atoms with E-state index in [-0.39, 0.29) is 5.54 Å². The molecular weight excluding hydrogens is 174 g/mol. The van der Waals surface area contributed by atoms with E-state index in [1.807, 2.05) is 0 Å². The molecule has 0 saturated carbocycles. The van der Waals surface area contributed by atoms with Crippen LogP contribution >= 0.6 is 0 Å². The number of likely N-dealkylation sites (tertiary alicyclic amines) is 1. The van der Waals surface area contributed by atoms with Crippen molar-refractivity contribution in [3.8, 4) is 0 Å². The molecule has 1 heterocycles. The van der Waals surface area contributed by atoms with Crippen LogP contribution in [0.3, 0.4) is 0 Å². The Balaban J connectivity index is 2.55. The van der Waals surface area contributed by atoms with Gasteiger partial charge in [0.05, 0.1) is 5.60 Å². The number of nitrogens with zero attached hydrogens (tertiary/aromatic N) is 1. The van der Waals surface area contributed by atoms with Gasteiger partial charge in [0.15, 0.2) is 0 Å². The topological polar surface area (TPSA) is 23.5 Å². The molecule has 2 heteroatoms. The van der Waals surface area contributed by atoms with Crippen LogP contribution in [0.25, 0.3) is 0 Å². The summed E-state index contributed by atoms with van der Waals surface area (Å²) in [6, 6.07) is 0. The molecule has 1 saturated heterocycles. The number of hydrogen-bond acceptors (Lipinski definition) is 2. The molecule has 1 fully saturated rings. The highest BCUT2D eigenvalue weighted by Gasteiger charge is 2.40. The number of aliphatic hydroxyl groups is 1. The predicted octanol–water partition coefficient (Wildman–Crippen LogP) is 2.27. The van der Waals surface area contributed by atoms with Gasteiger partial charge in [-0.3, -0.25) is 4.90 Å². The summed E-state index contributed by atoms with van der Waals surface area (Å²) in [6.45, 7) is 12.9. The lowest BCUT2D eigenvalue weighted by molar-refractivity contribution is 0.0179. The van der Waals surface area contributed by atoms with Crippen LogP contribution in [0.4, 0.5) is 0 Å². The summed E-state index contributed by atoms with van der Waals surface area (Å²) in [7, 11) is 0. The first-order valence-corrected chi connectivity index (χ1v) is 5.70. The third-order valence-corrected chi connectivity index (χ3v) is 3.07. The van der Waals surface area contributed by atoms with Crippen LogP contribution in [-0.2, 0) is 0 Å². The Morgan fingerprint density at radius 3 is 2.29 bits per heavy atom. The van der Waals surface area contributed by atoms with E-state index >= 15 is 0 Å². The van der Waals surface area contributed by atoms with Gasteiger partial charge in [-0.15, -0.1) is 0 Å². The first-order valence-electron chi connectivity index (χ1n) is 5.70. The van der Waals surface area contributed by atoms with E-state index in [0.29, 0.717) is 5.92 Å². The zero-order valence-corrected chi connectivity index (χ0v) is 10.3. The van der Waals surface area contributed by atoms with E-state index in [1.54, 1.807) is 0 Å². The van der Waals surface area contributed by atoms with Crippen molar-refractivity contribution >= 4 is 0 Å². The van der Waals surface area contributed by atoms with Gasteiger partial charge in [-0.2, -0.15) is 0 Å². The molecule has 0 radical (unpaired) electrons. The average molecular weight is 199 g/mol. The minimum atomic E-state index is -0.429. The molecule has 0 aromatic carbocycles. The highest BCUT2D eigenvalue weighted by molar-refractivity contribution is 4.94. The van der Waals surface area contributed by atoms with Crippen molar-refractivity contribution in [2.24, 2.45) is 5.92 Å². The van der Waals surface area contributed by atoms with E-state index in [9.17, 15) is 5.11 Å². The summed E-state index contributed by atoms with van der Waals surface area (Å²) < 4.78 is 0. The fraction of sp³-hybridized carbons (Fsp3) is 1.00. The second kappa shape index (κ2) is 3.82. The second-order valence-corrected chi connectivity index (χ2v) is 6.16. The number of β-amino-alcohol motifs (C(OH)–C–C–N with tert-alkyl or cyclic N) is 1. The summed E-state index contributed by atoms with van der Waals surface area (Å²) in [6.07, 6.45) is 1.86. The maximum Gasteiger partial charge on any atom is 0.0788 e. The molecular formula is C12H25NO. The van der Waals surface area contributed by atoms with Crippen molar-refractivity contribution in [3.63, 3.8) is 0 Å². The van der Waals surface area contributed by atoms with Crippen LogP contribution in [-0.4, -0.2) is 34.2 Å². The monoisotopic (exact) mass is 199 g/mol. The van der Waals surface area contributed by atoms with Crippen molar-refractivity contribution in [1.29, 1.82) is 0 Å². The van der Waals surface area contributed by atoms with Crippen molar-refractivity contribution < 1.29 is 5.11 Å². The van der Waals surface area contributed by atoms with Gasteiger partial charge in [-0.25, -0.2) is 0 Å². The molecule has 0 spiro atoms. The highest BCUT2D eigenvalue weighted by atomic mass is 16.3. The molecule has 0 aromatic heterocycles. The first-order chi connectivity index (χ1) is 6.23. The largest absolute Gasteiger partial charge is 0.388 e. The minimum Gasteiger partial charge on any atom is -0.388 e. The molecule has 84 valence electrons. The fourth-order valence-corrected chi connectivity index (χ4v) is 2.36. The Hall–Kier alpha value is -0.0800. The lowest BCUT2D eigenvalue weighted by Gasteiger charge is -2.33. The van der Waals surface area contributed by atoms with E-state index in [1.165, 1.54) is 0 Å². The van der Waals surface area contributed by atoms with Crippen molar-refractivity contribution in [3.05, 3.63) is 0 Å².